The number of carbonyl (C=O) groups excluding carboxylic acids is 1. The first-order valence-corrected chi connectivity index (χ1v) is 8.85. The third-order valence-corrected chi connectivity index (χ3v) is 5.49. The minimum absolute atomic E-state index is 0.0404. The molecule has 1 amide bonds. The molecule has 1 aliphatic heterocycles. The summed E-state index contributed by atoms with van der Waals surface area (Å²) in [5.41, 5.74) is 5.48. The van der Waals surface area contributed by atoms with Gasteiger partial charge in [-0.2, -0.15) is 0 Å². The third-order valence-electron chi connectivity index (χ3n) is 3.74. The van der Waals surface area contributed by atoms with Crippen molar-refractivity contribution in [2.45, 2.75) is 38.6 Å². The van der Waals surface area contributed by atoms with E-state index in [1.54, 1.807) is 4.90 Å². The summed E-state index contributed by atoms with van der Waals surface area (Å²) in [6, 6.07) is -0.256. The van der Waals surface area contributed by atoms with Crippen LogP contribution in [-0.2, 0) is 14.6 Å². The van der Waals surface area contributed by atoms with Crippen LogP contribution in [0.5, 0.6) is 0 Å². The third kappa shape index (κ3) is 5.14. The Balaban J connectivity index is 2.58. The predicted molar refractivity (Wildman–Crippen MR) is 79.7 cm³/mol. The predicted octanol–water partition coefficient (Wildman–Crippen LogP) is 0.400. The maximum atomic E-state index is 12.2. The van der Waals surface area contributed by atoms with Crippen LogP contribution in [0.1, 0.15) is 32.6 Å². The zero-order valence-corrected chi connectivity index (χ0v) is 12.9. The van der Waals surface area contributed by atoms with Crippen molar-refractivity contribution in [3.63, 3.8) is 0 Å². The molecule has 2 N–H and O–H groups in total. The van der Waals surface area contributed by atoms with Crippen LogP contribution in [-0.4, -0.2) is 49.9 Å². The van der Waals surface area contributed by atoms with Crippen LogP contribution in [0.3, 0.4) is 0 Å². The number of amides is 1. The van der Waals surface area contributed by atoms with Crippen LogP contribution in [0.15, 0.2) is 0 Å². The number of hydrogen-bond acceptors (Lipinski definition) is 4. The second-order valence-electron chi connectivity index (χ2n) is 5.50. The summed E-state index contributed by atoms with van der Waals surface area (Å²) in [7, 11) is -3.01. The number of rotatable bonds is 7. The topological polar surface area (TPSA) is 80.5 Å². The molecule has 114 valence electrons. The van der Waals surface area contributed by atoms with Crippen LogP contribution < -0.4 is 5.73 Å². The first kappa shape index (κ1) is 17.0. The zero-order valence-electron chi connectivity index (χ0n) is 12.0. The van der Waals surface area contributed by atoms with Gasteiger partial charge in [0, 0.05) is 12.5 Å². The molecule has 0 spiro atoms. The summed E-state index contributed by atoms with van der Waals surface area (Å²) in [6.45, 7) is 2.86. The summed E-state index contributed by atoms with van der Waals surface area (Å²) >= 11 is 0. The Bertz CT molecular complexity index is 467. The highest BCUT2D eigenvalue weighted by atomic mass is 32.2. The molecule has 2 unspecified atom stereocenters. The Hall–Kier alpha value is -1.06. The summed E-state index contributed by atoms with van der Waals surface area (Å²) < 4.78 is 23.0. The van der Waals surface area contributed by atoms with E-state index in [9.17, 15) is 13.2 Å². The molecular formula is C14H24N2O3S. The Morgan fingerprint density at radius 2 is 2.20 bits per heavy atom. The van der Waals surface area contributed by atoms with E-state index >= 15 is 0 Å². The maximum Gasteiger partial charge on any atom is 0.223 e. The normalized spacial score (nSPS) is 22.1. The minimum Gasteiger partial charge on any atom is -0.330 e. The highest BCUT2D eigenvalue weighted by molar-refractivity contribution is 7.91. The van der Waals surface area contributed by atoms with Gasteiger partial charge in [0.2, 0.25) is 5.91 Å². The van der Waals surface area contributed by atoms with E-state index in [-0.39, 0.29) is 30.0 Å². The van der Waals surface area contributed by atoms with Crippen LogP contribution in [0.2, 0.25) is 0 Å². The molecule has 1 heterocycles. The van der Waals surface area contributed by atoms with Crippen LogP contribution in [0, 0.1) is 18.3 Å². The van der Waals surface area contributed by atoms with Crippen molar-refractivity contribution in [1.29, 1.82) is 0 Å². The molecule has 2 atom stereocenters. The van der Waals surface area contributed by atoms with Gasteiger partial charge in [0.25, 0.3) is 0 Å². The van der Waals surface area contributed by atoms with Crippen molar-refractivity contribution in [3.05, 3.63) is 0 Å². The van der Waals surface area contributed by atoms with Crippen LogP contribution >= 0.6 is 0 Å². The van der Waals surface area contributed by atoms with Gasteiger partial charge < -0.3 is 10.6 Å². The quantitative estimate of drug-likeness (QED) is 0.690. The van der Waals surface area contributed by atoms with Gasteiger partial charge in [-0.25, -0.2) is 8.42 Å². The van der Waals surface area contributed by atoms with Crippen molar-refractivity contribution in [3.8, 4) is 12.3 Å². The Morgan fingerprint density at radius 3 is 2.70 bits per heavy atom. The summed E-state index contributed by atoms with van der Waals surface area (Å²) in [6.07, 6.45) is 7.84. The number of terminal acetylenes is 1. The fraction of sp³-hybridized carbons (Fsp3) is 0.786. The summed E-state index contributed by atoms with van der Waals surface area (Å²) in [5, 5.41) is 0. The van der Waals surface area contributed by atoms with E-state index in [4.69, 9.17) is 12.2 Å². The smallest absolute Gasteiger partial charge is 0.223 e. The lowest BCUT2D eigenvalue weighted by atomic mass is 10.0. The molecular weight excluding hydrogens is 276 g/mol. The zero-order chi connectivity index (χ0) is 15.2. The number of sulfone groups is 1. The second kappa shape index (κ2) is 7.65. The lowest BCUT2D eigenvalue weighted by Gasteiger charge is -2.26. The Kier molecular flexibility index (Phi) is 6.50. The van der Waals surface area contributed by atoms with Gasteiger partial charge in [0.1, 0.15) is 0 Å². The second-order valence-corrected chi connectivity index (χ2v) is 7.73. The molecule has 0 aromatic rings. The number of carbonyl (C=O) groups is 1. The van der Waals surface area contributed by atoms with E-state index in [0.717, 1.165) is 12.8 Å². The van der Waals surface area contributed by atoms with Crippen molar-refractivity contribution in [1.82, 2.24) is 4.90 Å². The lowest BCUT2D eigenvalue weighted by molar-refractivity contribution is -0.132. The average molecular weight is 300 g/mol. The molecule has 0 aliphatic carbocycles. The molecule has 0 bridgehead atoms. The van der Waals surface area contributed by atoms with Gasteiger partial charge in [0.05, 0.1) is 18.1 Å². The van der Waals surface area contributed by atoms with Gasteiger partial charge in [0.15, 0.2) is 9.84 Å². The first-order valence-electron chi connectivity index (χ1n) is 7.03. The van der Waals surface area contributed by atoms with Gasteiger partial charge in [-0.1, -0.05) is 12.8 Å². The number of hydrogen-bond donors (Lipinski definition) is 1. The molecule has 5 nitrogen and oxygen atoms in total. The molecule has 0 saturated carbocycles. The highest BCUT2D eigenvalue weighted by Gasteiger charge is 2.34. The van der Waals surface area contributed by atoms with Gasteiger partial charge in [-0.3, -0.25) is 4.79 Å². The maximum absolute atomic E-state index is 12.2. The minimum atomic E-state index is -3.01. The largest absolute Gasteiger partial charge is 0.330 e. The van der Waals surface area contributed by atoms with E-state index in [2.05, 4.69) is 12.8 Å². The molecule has 0 aromatic heterocycles. The fourth-order valence-electron chi connectivity index (χ4n) is 2.48. The van der Waals surface area contributed by atoms with Crippen LogP contribution in [0.25, 0.3) is 0 Å². The van der Waals surface area contributed by atoms with Gasteiger partial charge >= 0.3 is 0 Å². The van der Waals surface area contributed by atoms with Crippen molar-refractivity contribution < 1.29 is 13.2 Å². The van der Waals surface area contributed by atoms with Crippen molar-refractivity contribution in [2.75, 3.05) is 24.6 Å². The monoisotopic (exact) mass is 300 g/mol. The summed E-state index contributed by atoms with van der Waals surface area (Å²) in [5.74, 6) is 2.99. The molecule has 1 aliphatic rings. The van der Waals surface area contributed by atoms with Gasteiger partial charge in [-0.15, -0.1) is 6.42 Å². The molecule has 6 heteroatoms. The first-order chi connectivity index (χ1) is 9.39. The SMILES string of the molecule is C#CCN(C(=O)CCC(C)CCN)C1CCS(=O)(=O)C1. The lowest BCUT2D eigenvalue weighted by Crippen LogP contribution is -2.41. The number of nitrogens with two attached hydrogens (primary N) is 1. The molecule has 1 saturated heterocycles. The molecule has 20 heavy (non-hydrogen) atoms. The van der Waals surface area contributed by atoms with Crippen molar-refractivity contribution >= 4 is 15.7 Å². The fourth-order valence-corrected chi connectivity index (χ4v) is 4.21. The highest BCUT2D eigenvalue weighted by Crippen LogP contribution is 2.19. The molecule has 1 rings (SSSR count). The van der Waals surface area contributed by atoms with E-state index < -0.39 is 9.84 Å². The van der Waals surface area contributed by atoms with Gasteiger partial charge in [-0.05, 0) is 31.7 Å². The molecule has 1 fully saturated rings. The van der Waals surface area contributed by atoms with E-state index in [1.807, 2.05) is 0 Å². The molecule has 0 aromatic carbocycles. The Labute approximate surface area is 121 Å². The van der Waals surface area contributed by atoms with Crippen LogP contribution in [0.4, 0.5) is 0 Å². The Morgan fingerprint density at radius 1 is 1.50 bits per heavy atom. The number of nitrogens with zero attached hydrogens (tertiary/aromatic N) is 1. The average Bonchev–Trinajstić information content (AvgIpc) is 2.73. The molecule has 0 radical (unpaired) electrons. The van der Waals surface area contributed by atoms with E-state index in [1.165, 1.54) is 0 Å². The van der Waals surface area contributed by atoms with E-state index in [0.29, 0.717) is 25.3 Å². The van der Waals surface area contributed by atoms with Crippen molar-refractivity contribution in [2.24, 2.45) is 11.7 Å². The standard InChI is InChI=1S/C14H24N2O3S/c1-3-9-16(13-7-10-20(18,19)11-13)14(17)5-4-12(2)6-8-15/h1,12-13H,4-11,15H2,2H3. The summed E-state index contributed by atoms with van der Waals surface area (Å²) in [4.78, 5) is 13.8.